The van der Waals surface area contributed by atoms with Gasteiger partial charge in [0.2, 0.25) is 0 Å². The molecule has 0 aromatic carbocycles. The molecule has 152 valence electrons. The highest BCUT2D eigenvalue weighted by Gasteiger charge is 2.30. The standard InChI is InChI=1S/C21H30N4O3/c1-6-28-19(26)12-24(11-15-7-8-15)21(27)16-9-18(13(2)3)23-20-17(16)10-22-25(20)14(4)5/h9-10,13-15H,6-8,11-12H2,1-5H3. The van der Waals surface area contributed by atoms with Crippen molar-refractivity contribution >= 4 is 22.9 Å². The minimum atomic E-state index is -0.372. The van der Waals surface area contributed by atoms with E-state index >= 15 is 0 Å². The molecule has 0 unspecified atom stereocenters. The lowest BCUT2D eigenvalue weighted by molar-refractivity contribution is -0.143. The van der Waals surface area contributed by atoms with Crippen LogP contribution in [-0.4, -0.2) is 51.2 Å². The van der Waals surface area contributed by atoms with Crippen molar-refractivity contribution < 1.29 is 14.3 Å². The maximum atomic E-state index is 13.5. The van der Waals surface area contributed by atoms with Gasteiger partial charge in [-0.3, -0.25) is 9.59 Å². The smallest absolute Gasteiger partial charge is 0.325 e. The number of carbonyl (C=O) groups excluding carboxylic acids is 2. The summed E-state index contributed by atoms with van der Waals surface area (Å²) in [6.45, 7) is 10.8. The molecule has 1 aliphatic carbocycles. The zero-order chi connectivity index (χ0) is 20.4. The third-order valence-electron chi connectivity index (χ3n) is 4.99. The van der Waals surface area contributed by atoms with Crippen LogP contribution in [0.3, 0.4) is 0 Å². The Morgan fingerprint density at radius 3 is 2.57 bits per heavy atom. The fourth-order valence-corrected chi connectivity index (χ4v) is 3.25. The Morgan fingerprint density at radius 1 is 1.29 bits per heavy atom. The summed E-state index contributed by atoms with van der Waals surface area (Å²) in [5.74, 6) is 0.119. The number of hydrogen-bond donors (Lipinski definition) is 0. The number of amides is 1. The fourth-order valence-electron chi connectivity index (χ4n) is 3.25. The summed E-state index contributed by atoms with van der Waals surface area (Å²) in [4.78, 5) is 31.9. The molecule has 7 nitrogen and oxygen atoms in total. The topological polar surface area (TPSA) is 77.3 Å². The number of carbonyl (C=O) groups is 2. The van der Waals surface area contributed by atoms with E-state index in [2.05, 4.69) is 18.9 Å². The van der Waals surface area contributed by atoms with Crippen LogP contribution in [0.2, 0.25) is 0 Å². The number of fused-ring (bicyclic) bond motifs is 1. The molecule has 0 aliphatic heterocycles. The molecular formula is C21H30N4O3. The highest BCUT2D eigenvalue weighted by molar-refractivity contribution is 6.06. The Morgan fingerprint density at radius 2 is 2.00 bits per heavy atom. The first-order valence-electron chi connectivity index (χ1n) is 10.1. The van der Waals surface area contributed by atoms with Crippen LogP contribution in [0.5, 0.6) is 0 Å². The molecule has 1 saturated carbocycles. The quantitative estimate of drug-likeness (QED) is 0.649. The zero-order valence-corrected chi connectivity index (χ0v) is 17.4. The molecule has 0 radical (unpaired) electrons. The molecule has 1 amide bonds. The van der Waals surface area contributed by atoms with Crippen LogP contribution in [0.4, 0.5) is 0 Å². The van der Waals surface area contributed by atoms with Gasteiger partial charge in [0.1, 0.15) is 6.54 Å². The Kier molecular flexibility index (Phi) is 6.01. The molecular weight excluding hydrogens is 356 g/mol. The van der Waals surface area contributed by atoms with Crippen LogP contribution in [-0.2, 0) is 9.53 Å². The van der Waals surface area contributed by atoms with E-state index in [4.69, 9.17) is 9.72 Å². The molecule has 28 heavy (non-hydrogen) atoms. The van der Waals surface area contributed by atoms with Crippen molar-refractivity contribution in [2.45, 2.75) is 59.4 Å². The molecule has 7 heteroatoms. The number of esters is 1. The summed E-state index contributed by atoms with van der Waals surface area (Å²) in [7, 11) is 0. The highest BCUT2D eigenvalue weighted by atomic mass is 16.5. The molecule has 0 spiro atoms. The van der Waals surface area contributed by atoms with Crippen molar-refractivity contribution in [2.75, 3.05) is 19.7 Å². The van der Waals surface area contributed by atoms with Gasteiger partial charge >= 0.3 is 5.97 Å². The maximum absolute atomic E-state index is 13.5. The average Bonchev–Trinajstić information content (AvgIpc) is 3.34. The zero-order valence-electron chi connectivity index (χ0n) is 17.4. The highest BCUT2D eigenvalue weighted by Crippen LogP contribution is 2.31. The van der Waals surface area contributed by atoms with Gasteiger partial charge in [0.25, 0.3) is 5.91 Å². The normalized spacial score (nSPS) is 14.1. The van der Waals surface area contributed by atoms with E-state index in [1.54, 1.807) is 18.0 Å². The second-order valence-electron chi connectivity index (χ2n) is 8.10. The lowest BCUT2D eigenvalue weighted by atomic mass is 10.0. The predicted molar refractivity (Wildman–Crippen MR) is 107 cm³/mol. The van der Waals surface area contributed by atoms with Gasteiger partial charge in [0.15, 0.2) is 5.65 Å². The van der Waals surface area contributed by atoms with Crippen LogP contribution in [0.1, 0.15) is 75.5 Å². The van der Waals surface area contributed by atoms with Crippen LogP contribution >= 0.6 is 0 Å². The van der Waals surface area contributed by atoms with E-state index in [1.165, 1.54) is 0 Å². The van der Waals surface area contributed by atoms with E-state index < -0.39 is 0 Å². The summed E-state index contributed by atoms with van der Waals surface area (Å²) in [5.41, 5.74) is 2.12. The van der Waals surface area contributed by atoms with Gasteiger partial charge in [0.05, 0.1) is 23.8 Å². The largest absolute Gasteiger partial charge is 0.465 e. The molecule has 3 rings (SSSR count). The van der Waals surface area contributed by atoms with Gasteiger partial charge in [-0.2, -0.15) is 5.10 Å². The maximum Gasteiger partial charge on any atom is 0.325 e. The summed E-state index contributed by atoms with van der Waals surface area (Å²) < 4.78 is 6.93. The van der Waals surface area contributed by atoms with Gasteiger partial charge in [-0.05, 0) is 51.5 Å². The molecule has 2 aromatic rings. The lowest BCUT2D eigenvalue weighted by Crippen LogP contribution is -2.38. The Balaban J connectivity index is 2.03. The average molecular weight is 386 g/mol. The first-order valence-corrected chi connectivity index (χ1v) is 10.1. The number of rotatable bonds is 8. The predicted octanol–water partition coefficient (Wildman–Crippen LogP) is 3.55. The summed E-state index contributed by atoms with van der Waals surface area (Å²) in [5, 5.41) is 5.18. The van der Waals surface area contributed by atoms with E-state index in [0.29, 0.717) is 30.3 Å². The summed E-state index contributed by atoms with van der Waals surface area (Å²) >= 11 is 0. The Bertz CT molecular complexity index is 868. The molecule has 0 saturated heterocycles. The summed E-state index contributed by atoms with van der Waals surface area (Å²) in [6.07, 6.45) is 3.90. The molecule has 0 bridgehead atoms. The van der Waals surface area contributed by atoms with Crippen molar-refractivity contribution in [3.8, 4) is 0 Å². The molecule has 1 fully saturated rings. The Hall–Kier alpha value is -2.44. The van der Waals surface area contributed by atoms with Gasteiger partial charge in [-0.15, -0.1) is 0 Å². The first kappa shape index (κ1) is 20.3. The molecule has 0 atom stereocenters. The second-order valence-corrected chi connectivity index (χ2v) is 8.10. The van der Waals surface area contributed by atoms with Crippen molar-refractivity contribution in [2.24, 2.45) is 5.92 Å². The number of ether oxygens (including phenoxy) is 1. The van der Waals surface area contributed by atoms with E-state index in [-0.39, 0.29) is 30.4 Å². The van der Waals surface area contributed by atoms with E-state index in [0.717, 1.165) is 23.9 Å². The number of hydrogen-bond acceptors (Lipinski definition) is 5. The van der Waals surface area contributed by atoms with Crippen molar-refractivity contribution in [1.29, 1.82) is 0 Å². The molecule has 0 N–H and O–H groups in total. The van der Waals surface area contributed by atoms with Crippen molar-refractivity contribution in [1.82, 2.24) is 19.7 Å². The van der Waals surface area contributed by atoms with Crippen LogP contribution < -0.4 is 0 Å². The van der Waals surface area contributed by atoms with Crippen molar-refractivity contribution in [3.63, 3.8) is 0 Å². The van der Waals surface area contributed by atoms with E-state index in [1.807, 2.05) is 24.6 Å². The van der Waals surface area contributed by atoms with Crippen LogP contribution in [0.15, 0.2) is 12.3 Å². The minimum Gasteiger partial charge on any atom is -0.465 e. The van der Waals surface area contributed by atoms with Crippen LogP contribution in [0, 0.1) is 5.92 Å². The SMILES string of the molecule is CCOC(=O)CN(CC1CC1)C(=O)c1cc(C(C)C)nc2c1cnn2C(C)C. The number of aromatic nitrogens is 3. The summed E-state index contributed by atoms with van der Waals surface area (Å²) in [6, 6.07) is 1.99. The lowest BCUT2D eigenvalue weighted by Gasteiger charge is -2.22. The fraction of sp³-hybridized carbons (Fsp3) is 0.619. The monoisotopic (exact) mass is 386 g/mol. The van der Waals surface area contributed by atoms with Crippen LogP contribution in [0.25, 0.3) is 11.0 Å². The third kappa shape index (κ3) is 4.34. The molecule has 2 aromatic heterocycles. The second kappa shape index (κ2) is 8.29. The van der Waals surface area contributed by atoms with E-state index in [9.17, 15) is 9.59 Å². The molecule has 1 aliphatic rings. The Labute approximate surface area is 166 Å². The van der Waals surface area contributed by atoms with Gasteiger partial charge in [-0.25, -0.2) is 9.67 Å². The van der Waals surface area contributed by atoms with Gasteiger partial charge in [0, 0.05) is 18.3 Å². The van der Waals surface area contributed by atoms with Gasteiger partial charge < -0.3 is 9.64 Å². The van der Waals surface area contributed by atoms with Gasteiger partial charge in [-0.1, -0.05) is 13.8 Å². The third-order valence-corrected chi connectivity index (χ3v) is 4.99. The minimum absolute atomic E-state index is 0.0255. The molecule has 2 heterocycles. The number of pyridine rings is 1. The first-order chi connectivity index (χ1) is 13.3. The number of nitrogens with zero attached hydrogens (tertiary/aromatic N) is 4. The van der Waals surface area contributed by atoms with Crippen molar-refractivity contribution in [3.05, 3.63) is 23.5 Å².